The number of carbonyl (C=O) groups excluding carboxylic acids is 1. The van der Waals surface area contributed by atoms with Crippen molar-refractivity contribution >= 4 is 21.6 Å². The average molecular weight is 396 g/mol. The van der Waals surface area contributed by atoms with Crippen LogP contribution in [0.2, 0.25) is 0 Å². The number of rotatable bonds is 7. The number of amides is 1. The maximum atomic E-state index is 13.6. The van der Waals surface area contributed by atoms with Gasteiger partial charge in [-0.1, -0.05) is 37.3 Å². The summed E-state index contributed by atoms with van der Waals surface area (Å²) in [5, 5.41) is 2.82. The molecule has 0 aliphatic carbocycles. The van der Waals surface area contributed by atoms with Crippen LogP contribution in [-0.2, 0) is 14.8 Å². The van der Waals surface area contributed by atoms with Gasteiger partial charge < -0.3 is 5.32 Å². The highest BCUT2D eigenvalue weighted by atomic mass is 32.2. The summed E-state index contributed by atoms with van der Waals surface area (Å²) in [6.45, 7) is 3.29. The molecule has 5 nitrogen and oxygen atoms in total. The summed E-state index contributed by atoms with van der Waals surface area (Å²) in [6, 6.07) is 10.5. The fourth-order valence-corrected chi connectivity index (χ4v) is 4.00. The zero-order chi connectivity index (χ0) is 20.2. The Kier molecular flexibility index (Phi) is 6.54. The molecule has 0 bridgehead atoms. The Bertz CT molecular complexity index is 904. The van der Waals surface area contributed by atoms with E-state index in [9.17, 15) is 22.0 Å². The Morgan fingerprint density at radius 1 is 1.11 bits per heavy atom. The van der Waals surface area contributed by atoms with Gasteiger partial charge in [0, 0.05) is 6.07 Å². The second-order valence-electron chi connectivity index (χ2n) is 6.21. The summed E-state index contributed by atoms with van der Waals surface area (Å²) >= 11 is 0. The number of hydrogen-bond acceptors (Lipinski definition) is 3. The van der Waals surface area contributed by atoms with Crippen molar-refractivity contribution in [3.8, 4) is 0 Å². The Hall–Kier alpha value is -2.48. The second kappa shape index (κ2) is 8.47. The van der Waals surface area contributed by atoms with E-state index in [1.54, 1.807) is 0 Å². The second-order valence-corrected chi connectivity index (χ2v) is 8.07. The first kappa shape index (κ1) is 20.8. The van der Waals surface area contributed by atoms with E-state index in [1.165, 1.54) is 6.92 Å². The van der Waals surface area contributed by atoms with E-state index in [0.717, 1.165) is 34.3 Å². The smallest absolute Gasteiger partial charge is 0.244 e. The lowest BCUT2D eigenvalue weighted by Gasteiger charge is -2.29. The summed E-state index contributed by atoms with van der Waals surface area (Å²) in [4.78, 5) is 12.7. The van der Waals surface area contributed by atoms with E-state index >= 15 is 0 Å². The van der Waals surface area contributed by atoms with E-state index in [1.807, 2.05) is 37.3 Å². The van der Waals surface area contributed by atoms with Crippen LogP contribution in [-0.4, -0.2) is 26.6 Å². The Morgan fingerprint density at radius 2 is 1.74 bits per heavy atom. The van der Waals surface area contributed by atoms with Crippen LogP contribution in [0.25, 0.3) is 0 Å². The average Bonchev–Trinajstić information content (AvgIpc) is 2.62. The number of sulfonamides is 1. The van der Waals surface area contributed by atoms with Crippen molar-refractivity contribution in [3.05, 3.63) is 65.7 Å². The number of hydrogen-bond donors (Lipinski definition) is 1. The Labute approximate surface area is 158 Å². The monoisotopic (exact) mass is 396 g/mol. The topological polar surface area (TPSA) is 66.5 Å². The fraction of sp³-hybridized carbons (Fsp3) is 0.316. The highest BCUT2D eigenvalue weighted by molar-refractivity contribution is 7.92. The molecule has 0 aliphatic rings. The van der Waals surface area contributed by atoms with Crippen molar-refractivity contribution in [3.63, 3.8) is 0 Å². The summed E-state index contributed by atoms with van der Waals surface area (Å²) in [5.74, 6) is -2.83. The number of carbonyl (C=O) groups is 1. The molecule has 27 heavy (non-hydrogen) atoms. The normalized spacial score (nSPS) is 13.7. The summed E-state index contributed by atoms with van der Waals surface area (Å²) in [5.41, 5.74) is 0.770. The summed E-state index contributed by atoms with van der Waals surface area (Å²) in [6.07, 6.45) is 1.51. The molecule has 2 atom stereocenters. The zero-order valence-corrected chi connectivity index (χ0v) is 16.1. The quantitative estimate of drug-likeness (QED) is 0.780. The molecule has 1 amide bonds. The maximum Gasteiger partial charge on any atom is 0.244 e. The van der Waals surface area contributed by atoms with Crippen LogP contribution in [0.15, 0.2) is 48.5 Å². The molecule has 1 N–H and O–H groups in total. The molecule has 0 saturated heterocycles. The van der Waals surface area contributed by atoms with Crippen molar-refractivity contribution in [2.75, 3.05) is 10.6 Å². The summed E-state index contributed by atoms with van der Waals surface area (Å²) in [7, 11) is -3.92. The van der Waals surface area contributed by atoms with E-state index < -0.39 is 33.6 Å². The summed E-state index contributed by atoms with van der Waals surface area (Å²) < 4.78 is 52.0. The minimum Gasteiger partial charge on any atom is -0.347 e. The van der Waals surface area contributed by atoms with Crippen molar-refractivity contribution in [1.29, 1.82) is 0 Å². The lowest BCUT2D eigenvalue weighted by Crippen LogP contribution is -2.48. The number of nitrogens with one attached hydrogen (secondary N) is 1. The molecule has 0 fully saturated rings. The highest BCUT2D eigenvalue weighted by Crippen LogP contribution is 2.24. The van der Waals surface area contributed by atoms with Gasteiger partial charge in [-0.05, 0) is 31.0 Å². The van der Waals surface area contributed by atoms with Crippen molar-refractivity contribution in [1.82, 2.24) is 5.32 Å². The molecule has 2 aromatic rings. The first-order valence-electron chi connectivity index (χ1n) is 8.45. The predicted octanol–water partition coefficient (Wildman–Crippen LogP) is 3.39. The number of nitrogens with zero attached hydrogens (tertiary/aromatic N) is 1. The predicted molar refractivity (Wildman–Crippen MR) is 101 cm³/mol. The van der Waals surface area contributed by atoms with Crippen molar-refractivity contribution < 1.29 is 22.0 Å². The standard InChI is InChI=1S/C19H22F2N2O3S/c1-4-18(14-8-6-5-7-9-14)22-19(24)13(2)23(27(3,25)26)15-10-11-16(20)17(21)12-15/h5-13,18H,4H2,1-3H3,(H,22,24)/t13-,18+/m1/s1. The third-order valence-corrected chi connectivity index (χ3v) is 5.41. The van der Waals surface area contributed by atoms with E-state index in [2.05, 4.69) is 5.32 Å². The van der Waals surface area contributed by atoms with Gasteiger partial charge in [0.05, 0.1) is 18.0 Å². The number of benzene rings is 2. The third kappa shape index (κ3) is 5.03. The lowest BCUT2D eigenvalue weighted by molar-refractivity contribution is -0.122. The zero-order valence-electron chi connectivity index (χ0n) is 15.3. The molecule has 0 spiro atoms. The number of halogens is 2. The fourth-order valence-electron chi connectivity index (χ4n) is 2.83. The Morgan fingerprint density at radius 3 is 2.26 bits per heavy atom. The highest BCUT2D eigenvalue weighted by Gasteiger charge is 2.30. The first-order valence-corrected chi connectivity index (χ1v) is 10.3. The molecule has 8 heteroatoms. The molecule has 0 aliphatic heterocycles. The van der Waals surface area contributed by atoms with E-state index in [-0.39, 0.29) is 11.7 Å². The molecule has 0 heterocycles. The van der Waals surface area contributed by atoms with Gasteiger partial charge in [0.2, 0.25) is 15.9 Å². The molecule has 0 saturated carbocycles. The first-order chi connectivity index (χ1) is 12.6. The van der Waals surface area contributed by atoms with Gasteiger partial charge in [0.15, 0.2) is 11.6 Å². The van der Waals surface area contributed by atoms with Crippen LogP contribution in [0.4, 0.5) is 14.5 Å². The van der Waals surface area contributed by atoms with Crippen LogP contribution in [0, 0.1) is 11.6 Å². The maximum absolute atomic E-state index is 13.6. The molecule has 2 aromatic carbocycles. The van der Waals surface area contributed by atoms with Gasteiger partial charge in [-0.2, -0.15) is 0 Å². The van der Waals surface area contributed by atoms with E-state index in [4.69, 9.17) is 0 Å². The SMILES string of the molecule is CC[C@H](NC(=O)[C@@H](C)N(c1ccc(F)c(F)c1)S(C)(=O)=O)c1ccccc1. The van der Waals surface area contributed by atoms with Gasteiger partial charge in [0.25, 0.3) is 0 Å². The minimum absolute atomic E-state index is 0.119. The molecular weight excluding hydrogens is 374 g/mol. The lowest BCUT2D eigenvalue weighted by atomic mass is 10.0. The van der Waals surface area contributed by atoms with Gasteiger partial charge >= 0.3 is 0 Å². The van der Waals surface area contributed by atoms with Crippen molar-refractivity contribution in [2.45, 2.75) is 32.4 Å². The van der Waals surface area contributed by atoms with Crippen LogP contribution < -0.4 is 9.62 Å². The molecular formula is C19H22F2N2O3S. The third-order valence-electron chi connectivity index (χ3n) is 4.17. The molecule has 0 aromatic heterocycles. The Balaban J connectivity index is 2.30. The number of anilines is 1. The minimum atomic E-state index is -3.92. The molecule has 2 rings (SSSR count). The van der Waals surface area contributed by atoms with Gasteiger partial charge in [0.1, 0.15) is 6.04 Å². The van der Waals surface area contributed by atoms with Gasteiger partial charge in [-0.3, -0.25) is 9.10 Å². The molecule has 0 radical (unpaired) electrons. The van der Waals surface area contributed by atoms with Crippen molar-refractivity contribution in [2.24, 2.45) is 0 Å². The molecule has 146 valence electrons. The largest absolute Gasteiger partial charge is 0.347 e. The van der Waals surface area contributed by atoms with Gasteiger partial charge in [-0.25, -0.2) is 17.2 Å². The van der Waals surface area contributed by atoms with Crippen LogP contribution in [0.3, 0.4) is 0 Å². The van der Waals surface area contributed by atoms with Gasteiger partial charge in [-0.15, -0.1) is 0 Å². The van der Waals surface area contributed by atoms with E-state index in [0.29, 0.717) is 6.42 Å². The molecule has 0 unspecified atom stereocenters. The van der Waals surface area contributed by atoms with Crippen LogP contribution in [0.5, 0.6) is 0 Å². The van der Waals surface area contributed by atoms with Crippen LogP contribution >= 0.6 is 0 Å². The van der Waals surface area contributed by atoms with Crippen LogP contribution in [0.1, 0.15) is 31.9 Å².